The topological polar surface area (TPSA) is 0 Å². The fourth-order valence-corrected chi connectivity index (χ4v) is 0. The largest absolute Gasteiger partial charge is 0 e. The minimum absolute atomic E-state index is 0. The van der Waals surface area contributed by atoms with Crippen molar-refractivity contribution in [2.75, 3.05) is 0 Å². The number of rotatable bonds is 0. The van der Waals surface area contributed by atoms with Crippen molar-refractivity contribution in [2.24, 2.45) is 0 Å². The van der Waals surface area contributed by atoms with Crippen LogP contribution in [0.4, 0.5) is 0 Å². The van der Waals surface area contributed by atoms with Crippen LogP contribution in [0.1, 0.15) is 0 Å². The first kappa shape index (κ1) is 59.5. The first-order chi connectivity index (χ1) is 0. The van der Waals surface area contributed by atoms with Crippen LogP contribution in [0.25, 0.3) is 0 Å². The molecule has 6 heteroatoms. The van der Waals surface area contributed by atoms with Gasteiger partial charge in [-0.25, -0.2) is 0 Å². The van der Waals surface area contributed by atoms with Gasteiger partial charge in [-0.2, -0.15) is 0 Å². The smallest absolute Gasteiger partial charge is 0 e. The van der Waals surface area contributed by atoms with Gasteiger partial charge in [0.15, 0.2) is 0 Å². The van der Waals surface area contributed by atoms with Crippen LogP contribution in [0.15, 0.2) is 0 Å². The Morgan fingerprint density at radius 1 is 1.00 bits per heavy atom. The molecule has 0 saturated carbocycles. The number of hydrogen-bond donors (Lipinski definition) is 0. The molecule has 0 aliphatic rings. The van der Waals surface area contributed by atoms with Crippen LogP contribution in [-0.4, -0.2) is 34.0 Å². The van der Waals surface area contributed by atoms with Gasteiger partial charge in [-0.3, -0.25) is 0 Å². The van der Waals surface area contributed by atoms with Crippen LogP contribution in [0.3, 0.4) is 0 Å². The van der Waals surface area contributed by atoms with E-state index >= 15 is 0 Å². The predicted molar refractivity (Wildman–Crippen MR) is 11.5 cm³/mol. The van der Waals surface area contributed by atoms with Gasteiger partial charge in [0.1, 0.15) is 0 Å². The van der Waals surface area contributed by atoms with Gasteiger partial charge in [0.05, 0.1) is 0 Å². The van der Waals surface area contributed by atoms with Gasteiger partial charge in [0.2, 0.25) is 0 Å². The number of hydrogen-bond acceptors (Lipinski definition) is 0. The van der Waals surface area contributed by atoms with E-state index in [2.05, 4.69) is 0 Å². The third-order valence-electron chi connectivity index (χ3n) is 0. The Hall–Kier alpha value is 3.26. The molecule has 0 aromatic carbocycles. The van der Waals surface area contributed by atoms with Crippen molar-refractivity contribution < 1.29 is 72.9 Å². The van der Waals surface area contributed by atoms with Crippen molar-refractivity contribution in [2.45, 2.75) is 0 Å². The Balaban J connectivity index is 0. The van der Waals surface area contributed by atoms with E-state index in [0.717, 1.165) is 0 Å². The molecule has 0 bridgehead atoms. The monoisotopic (exact) mass is 274 g/mol. The summed E-state index contributed by atoms with van der Waals surface area (Å²) in [4.78, 5) is 0. The summed E-state index contributed by atoms with van der Waals surface area (Å²) in [5, 5.41) is 0. The van der Waals surface area contributed by atoms with Crippen molar-refractivity contribution >= 4 is 34.0 Å². The molecule has 0 aromatic heterocycles. The Morgan fingerprint density at radius 2 is 1.00 bits per heavy atom. The SMILES string of the molecule is [Cu].[Fe].[Mg].[Mn].[Si].[Ti]. The zero-order chi connectivity index (χ0) is 0. The molecule has 0 amide bonds. The van der Waals surface area contributed by atoms with Gasteiger partial charge in [-0.05, 0) is 0 Å². The summed E-state index contributed by atoms with van der Waals surface area (Å²) in [6.07, 6.45) is 0. The van der Waals surface area contributed by atoms with Crippen molar-refractivity contribution in [3.05, 3.63) is 0 Å². The van der Waals surface area contributed by atoms with Crippen LogP contribution >= 0.6 is 0 Å². The molecular formula is CuFeMgMnSiTi. The van der Waals surface area contributed by atoms with E-state index in [9.17, 15) is 0 Å². The molecule has 6 heavy (non-hydrogen) atoms. The molecule has 0 unspecified atom stereocenters. The van der Waals surface area contributed by atoms with Gasteiger partial charge >= 0.3 is 0 Å². The Morgan fingerprint density at radius 3 is 1.00 bits per heavy atom. The zero-order valence-electron chi connectivity index (χ0n) is 2.74. The van der Waals surface area contributed by atoms with Gasteiger partial charge in [0.25, 0.3) is 0 Å². The summed E-state index contributed by atoms with van der Waals surface area (Å²) in [5.41, 5.74) is 0. The quantitative estimate of drug-likeness (QED) is 0.509. The summed E-state index contributed by atoms with van der Waals surface area (Å²) in [5.74, 6) is 0. The van der Waals surface area contributed by atoms with Crippen molar-refractivity contribution in [3.63, 3.8) is 0 Å². The van der Waals surface area contributed by atoms with E-state index in [0.29, 0.717) is 0 Å². The molecule has 0 aliphatic heterocycles. The van der Waals surface area contributed by atoms with Crippen LogP contribution < -0.4 is 0 Å². The minimum atomic E-state index is 0. The second kappa shape index (κ2) is 41.0. The second-order valence-corrected chi connectivity index (χ2v) is 0. The molecule has 0 heterocycles. The zero-order valence-corrected chi connectivity index (χ0v) is 9.94. The van der Waals surface area contributed by atoms with Gasteiger partial charge in [-0.15, -0.1) is 0 Å². The van der Waals surface area contributed by atoms with E-state index in [1.807, 2.05) is 0 Å². The average molecular weight is 275 g/mol. The van der Waals surface area contributed by atoms with E-state index < -0.39 is 0 Å². The summed E-state index contributed by atoms with van der Waals surface area (Å²) >= 11 is 0. The van der Waals surface area contributed by atoms with Crippen LogP contribution in [0.5, 0.6) is 0 Å². The third kappa shape index (κ3) is 26.8. The normalized spacial score (nSPS) is 0. The molecule has 8 radical (unpaired) electrons. The molecule has 0 nitrogen and oxygen atoms in total. The molecule has 0 fully saturated rings. The van der Waals surface area contributed by atoms with Gasteiger partial charge in [-0.1, -0.05) is 0 Å². The van der Waals surface area contributed by atoms with Gasteiger partial charge in [0, 0.05) is 107 Å². The fraction of sp³-hybridized carbons (Fsp3) is 0. The first-order valence-corrected chi connectivity index (χ1v) is 0. The summed E-state index contributed by atoms with van der Waals surface area (Å²) in [7, 11) is 0. The summed E-state index contributed by atoms with van der Waals surface area (Å²) in [6, 6.07) is 0. The Bertz CT molecular complexity index is 15.5. The Kier molecular flexibility index (Phi) is 407. The van der Waals surface area contributed by atoms with Crippen LogP contribution in [0.2, 0.25) is 0 Å². The van der Waals surface area contributed by atoms with Crippen molar-refractivity contribution in [1.29, 1.82) is 0 Å². The second-order valence-electron chi connectivity index (χ2n) is 0. The van der Waals surface area contributed by atoms with Crippen LogP contribution in [0, 0.1) is 0 Å². The fourth-order valence-electron chi connectivity index (χ4n) is 0. The summed E-state index contributed by atoms with van der Waals surface area (Å²) < 4.78 is 0. The molecule has 0 aromatic rings. The molecule has 0 atom stereocenters. The first-order valence-electron chi connectivity index (χ1n) is 0. The van der Waals surface area contributed by atoms with Crippen molar-refractivity contribution in [3.8, 4) is 0 Å². The third-order valence-corrected chi connectivity index (χ3v) is 0. The van der Waals surface area contributed by atoms with Crippen molar-refractivity contribution in [1.82, 2.24) is 0 Å². The molecule has 0 aliphatic carbocycles. The molecule has 0 rings (SSSR count). The van der Waals surface area contributed by atoms with Crippen LogP contribution in [-0.2, 0) is 72.9 Å². The predicted octanol–water partition coefficient (Wildman–Crippen LogP) is -0.772. The van der Waals surface area contributed by atoms with E-state index in [1.165, 1.54) is 0 Å². The molecular weight excluding hydrogens is 275 g/mol. The Labute approximate surface area is 105 Å². The molecule has 36 valence electrons. The van der Waals surface area contributed by atoms with E-state index in [-0.39, 0.29) is 107 Å². The summed E-state index contributed by atoms with van der Waals surface area (Å²) in [6.45, 7) is 0. The maximum absolute atomic E-state index is 0. The van der Waals surface area contributed by atoms with E-state index in [1.54, 1.807) is 0 Å². The minimum Gasteiger partial charge on any atom is 0 e. The molecule has 0 spiro atoms. The molecule has 0 saturated heterocycles. The molecule has 0 N–H and O–H groups in total. The average Bonchev–Trinajstić information content (AvgIpc) is 0. The maximum Gasteiger partial charge on any atom is 0 e. The van der Waals surface area contributed by atoms with Gasteiger partial charge < -0.3 is 0 Å². The standard InChI is InChI=1S/Cu.Fe.Mg.Mn.Si.Ti. The van der Waals surface area contributed by atoms with E-state index in [4.69, 9.17) is 0 Å². The maximum atomic E-state index is 0.